The Morgan fingerprint density at radius 1 is 1.19 bits per heavy atom. The fraction of sp³-hybridized carbons (Fsp3) is 0.333. The van der Waals surface area contributed by atoms with Crippen LogP contribution in [0.15, 0.2) is 49.1 Å². The molecule has 1 aliphatic rings. The van der Waals surface area contributed by atoms with E-state index in [1.807, 2.05) is 0 Å². The van der Waals surface area contributed by atoms with Gasteiger partial charge in [-0.3, -0.25) is 4.90 Å². The molecular weight excluding hydrogens is 262 g/mol. The molecule has 21 heavy (non-hydrogen) atoms. The lowest BCUT2D eigenvalue weighted by Gasteiger charge is -2.30. The van der Waals surface area contributed by atoms with Crippen LogP contribution in [0.1, 0.15) is 11.1 Å². The lowest BCUT2D eigenvalue weighted by Crippen LogP contribution is -2.36. The van der Waals surface area contributed by atoms with Crippen molar-refractivity contribution in [2.45, 2.75) is 19.2 Å². The molecule has 0 radical (unpaired) electrons. The summed E-state index contributed by atoms with van der Waals surface area (Å²) in [6.45, 7) is 6.83. The van der Waals surface area contributed by atoms with Gasteiger partial charge in [0.1, 0.15) is 0 Å². The zero-order valence-electron chi connectivity index (χ0n) is 12.2. The molecule has 1 atom stereocenters. The summed E-state index contributed by atoms with van der Waals surface area (Å²) in [5.41, 5.74) is 2.68. The van der Waals surface area contributed by atoms with Crippen molar-refractivity contribution >= 4 is 10.8 Å². The van der Waals surface area contributed by atoms with E-state index in [9.17, 15) is 5.11 Å². The predicted octanol–water partition coefficient (Wildman–Crippen LogP) is 2.72. The second-order valence-corrected chi connectivity index (χ2v) is 5.58. The van der Waals surface area contributed by atoms with Crippen molar-refractivity contribution in [3.8, 4) is 0 Å². The maximum atomic E-state index is 10.1. The van der Waals surface area contributed by atoms with Gasteiger partial charge >= 0.3 is 0 Å². The highest BCUT2D eigenvalue weighted by Gasteiger charge is 2.20. The molecule has 0 aliphatic carbocycles. The maximum Gasteiger partial charge on any atom is 0.0900 e. The Labute approximate surface area is 125 Å². The SMILES string of the molecule is C=CCOCC(O)CN1Cc2cccc3cccc(c23)C1. The molecule has 0 saturated heterocycles. The minimum atomic E-state index is -0.464. The third-order valence-electron chi connectivity index (χ3n) is 3.88. The van der Waals surface area contributed by atoms with E-state index in [1.54, 1.807) is 6.08 Å². The van der Waals surface area contributed by atoms with Crippen LogP contribution in [0.25, 0.3) is 10.8 Å². The van der Waals surface area contributed by atoms with Crippen molar-refractivity contribution in [1.29, 1.82) is 0 Å². The van der Waals surface area contributed by atoms with Crippen molar-refractivity contribution in [2.75, 3.05) is 19.8 Å². The van der Waals surface area contributed by atoms with Crippen LogP contribution in [-0.4, -0.2) is 35.9 Å². The highest BCUT2D eigenvalue weighted by atomic mass is 16.5. The Balaban J connectivity index is 1.71. The Morgan fingerprint density at radius 2 is 1.86 bits per heavy atom. The minimum Gasteiger partial charge on any atom is -0.389 e. The van der Waals surface area contributed by atoms with Crippen molar-refractivity contribution in [2.24, 2.45) is 0 Å². The van der Waals surface area contributed by atoms with E-state index in [0.717, 1.165) is 13.1 Å². The minimum absolute atomic E-state index is 0.356. The highest BCUT2D eigenvalue weighted by Crippen LogP contribution is 2.29. The zero-order chi connectivity index (χ0) is 14.7. The molecule has 3 nitrogen and oxygen atoms in total. The van der Waals surface area contributed by atoms with Gasteiger partial charge in [0.2, 0.25) is 0 Å². The summed E-state index contributed by atoms with van der Waals surface area (Å²) in [7, 11) is 0. The smallest absolute Gasteiger partial charge is 0.0900 e. The number of nitrogens with zero attached hydrogens (tertiary/aromatic N) is 1. The monoisotopic (exact) mass is 283 g/mol. The predicted molar refractivity (Wildman–Crippen MR) is 85.1 cm³/mol. The topological polar surface area (TPSA) is 32.7 Å². The van der Waals surface area contributed by atoms with Gasteiger partial charge in [-0.15, -0.1) is 6.58 Å². The molecule has 1 heterocycles. The van der Waals surface area contributed by atoms with Crippen molar-refractivity contribution in [1.82, 2.24) is 4.90 Å². The van der Waals surface area contributed by atoms with Crippen LogP contribution >= 0.6 is 0 Å². The number of benzene rings is 2. The summed E-state index contributed by atoms with van der Waals surface area (Å²) in [6, 6.07) is 12.9. The van der Waals surface area contributed by atoms with Gasteiger partial charge in [0, 0.05) is 19.6 Å². The first-order chi connectivity index (χ1) is 10.3. The summed E-state index contributed by atoms with van der Waals surface area (Å²) in [5, 5.41) is 12.8. The second-order valence-electron chi connectivity index (χ2n) is 5.58. The van der Waals surface area contributed by atoms with Gasteiger partial charge in [-0.1, -0.05) is 42.5 Å². The van der Waals surface area contributed by atoms with Crippen LogP contribution in [0, 0.1) is 0 Å². The van der Waals surface area contributed by atoms with E-state index < -0.39 is 6.10 Å². The average Bonchev–Trinajstić information content (AvgIpc) is 2.48. The van der Waals surface area contributed by atoms with Crippen LogP contribution in [0.4, 0.5) is 0 Å². The molecule has 110 valence electrons. The van der Waals surface area contributed by atoms with Gasteiger partial charge in [-0.05, 0) is 21.9 Å². The fourth-order valence-electron chi connectivity index (χ4n) is 3.07. The Bertz CT molecular complexity index is 597. The first-order valence-corrected chi connectivity index (χ1v) is 7.36. The average molecular weight is 283 g/mol. The van der Waals surface area contributed by atoms with Gasteiger partial charge < -0.3 is 9.84 Å². The molecule has 1 aliphatic heterocycles. The number of hydrogen-bond donors (Lipinski definition) is 1. The third-order valence-corrected chi connectivity index (χ3v) is 3.88. The van der Waals surface area contributed by atoms with Crippen LogP contribution < -0.4 is 0 Å². The van der Waals surface area contributed by atoms with Crippen LogP contribution in [0.2, 0.25) is 0 Å². The summed E-state index contributed by atoms with van der Waals surface area (Å²) >= 11 is 0. The van der Waals surface area contributed by atoms with Crippen molar-refractivity contribution in [3.05, 3.63) is 60.2 Å². The van der Waals surface area contributed by atoms with E-state index in [4.69, 9.17) is 4.74 Å². The molecule has 0 aromatic heterocycles. The molecule has 1 unspecified atom stereocenters. The summed E-state index contributed by atoms with van der Waals surface area (Å²) < 4.78 is 5.32. The fourth-order valence-corrected chi connectivity index (χ4v) is 3.07. The van der Waals surface area contributed by atoms with Gasteiger partial charge in [0.25, 0.3) is 0 Å². The number of ether oxygens (including phenoxy) is 1. The van der Waals surface area contributed by atoms with Gasteiger partial charge in [-0.25, -0.2) is 0 Å². The lowest BCUT2D eigenvalue weighted by molar-refractivity contribution is 0.0224. The number of rotatable bonds is 6. The first kappa shape index (κ1) is 14.3. The van der Waals surface area contributed by atoms with Crippen molar-refractivity contribution < 1.29 is 9.84 Å². The molecule has 3 heteroatoms. The number of β-amino-alcohol motifs (C(OH)–C–C–N with tert-alkyl or cyclic N) is 1. The normalized spacial score (nSPS) is 16.0. The van der Waals surface area contributed by atoms with Crippen LogP contribution in [-0.2, 0) is 17.8 Å². The molecule has 0 saturated carbocycles. The summed E-state index contributed by atoms with van der Waals surface area (Å²) in [4.78, 5) is 2.28. The molecule has 0 amide bonds. The van der Waals surface area contributed by atoms with E-state index in [2.05, 4.69) is 47.9 Å². The standard InChI is InChI=1S/C18H21NO2/c1-2-9-21-13-17(20)12-19-10-15-7-3-5-14-6-4-8-16(11-19)18(14)15/h2-8,17,20H,1,9-13H2. The van der Waals surface area contributed by atoms with Gasteiger partial charge in [0.15, 0.2) is 0 Å². The van der Waals surface area contributed by atoms with Crippen LogP contribution in [0.5, 0.6) is 0 Å². The molecule has 1 N–H and O–H groups in total. The van der Waals surface area contributed by atoms with Crippen molar-refractivity contribution in [3.63, 3.8) is 0 Å². The molecular formula is C18H21NO2. The zero-order valence-corrected chi connectivity index (χ0v) is 12.2. The Kier molecular flexibility index (Phi) is 4.34. The maximum absolute atomic E-state index is 10.1. The lowest BCUT2D eigenvalue weighted by atomic mass is 9.95. The van der Waals surface area contributed by atoms with E-state index in [-0.39, 0.29) is 0 Å². The third kappa shape index (κ3) is 3.16. The van der Waals surface area contributed by atoms with Gasteiger partial charge in [-0.2, -0.15) is 0 Å². The van der Waals surface area contributed by atoms with Gasteiger partial charge in [0.05, 0.1) is 19.3 Å². The molecule has 2 aromatic carbocycles. The second kappa shape index (κ2) is 6.39. The molecule has 0 bridgehead atoms. The Hall–Kier alpha value is -1.68. The van der Waals surface area contributed by atoms with Crippen LogP contribution in [0.3, 0.4) is 0 Å². The first-order valence-electron chi connectivity index (χ1n) is 7.36. The highest BCUT2D eigenvalue weighted by molar-refractivity contribution is 5.89. The largest absolute Gasteiger partial charge is 0.389 e. The number of aliphatic hydroxyl groups is 1. The van der Waals surface area contributed by atoms with E-state index in [0.29, 0.717) is 19.8 Å². The number of aliphatic hydroxyl groups excluding tert-OH is 1. The molecule has 2 aromatic rings. The Morgan fingerprint density at radius 3 is 2.48 bits per heavy atom. The summed E-state index contributed by atoms with van der Waals surface area (Å²) in [5.74, 6) is 0. The number of hydrogen-bond acceptors (Lipinski definition) is 3. The summed E-state index contributed by atoms with van der Waals surface area (Å²) in [6.07, 6.45) is 1.24. The molecule has 3 rings (SSSR count). The van der Waals surface area contributed by atoms with E-state index in [1.165, 1.54) is 21.9 Å². The molecule has 0 spiro atoms. The molecule has 0 fully saturated rings. The quantitative estimate of drug-likeness (QED) is 0.653. The van der Waals surface area contributed by atoms with E-state index >= 15 is 0 Å².